The Bertz CT molecular complexity index is 497. The third-order valence-corrected chi connectivity index (χ3v) is 3.54. The number of hydrogen-bond acceptors (Lipinski definition) is 4. The molecule has 0 aliphatic heterocycles. The number of carboxylic acids is 1. The quantitative estimate of drug-likeness (QED) is 0.637. The minimum Gasteiger partial charge on any atom is -0.479 e. The van der Waals surface area contributed by atoms with E-state index in [1.54, 1.807) is 0 Å². The Morgan fingerprint density at radius 3 is 2.39 bits per heavy atom. The normalized spacial score (nSPS) is 13.7. The van der Waals surface area contributed by atoms with Crippen LogP contribution in [0.4, 0.5) is 0 Å². The zero-order valence-corrected chi connectivity index (χ0v) is 11.0. The molecular formula is C12H11BrO5. The van der Waals surface area contributed by atoms with Crippen LogP contribution in [0.5, 0.6) is 0 Å². The van der Waals surface area contributed by atoms with Gasteiger partial charge in [-0.3, -0.25) is 9.59 Å². The Labute approximate surface area is 112 Å². The largest absolute Gasteiger partial charge is 0.479 e. The average Bonchev–Trinajstić information content (AvgIpc) is 2.35. The van der Waals surface area contributed by atoms with E-state index >= 15 is 0 Å². The van der Waals surface area contributed by atoms with E-state index in [1.165, 1.54) is 25.1 Å². The Kier molecular flexibility index (Phi) is 4.75. The maximum atomic E-state index is 11.3. The van der Waals surface area contributed by atoms with E-state index in [2.05, 4.69) is 15.9 Å². The molecule has 2 N–H and O–H groups in total. The molecule has 0 saturated carbocycles. The summed E-state index contributed by atoms with van der Waals surface area (Å²) >= 11 is 3.12. The van der Waals surface area contributed by atoms with Crippen molar-refractivity contribution in [2.75, 3.05) is 0 Å². The summed E-state index contributed by atoms with van der Waals surface area (Å²) in [5, 5.41) is 18.4. The van der Waals surface area contributed by atoms with Crippen molar-refractivity contribution < 1.29 is 24.6 Å². The van der Waals surface area contributed by atoms with Crippen molar-refractivity contribution in [1.29, 1.82) is 0 Å². The fourth-order valence-corrected chi connectivity index (χ4v) is 1.90. The predicted molar refractivity (Wildman–Crippen MR) is 66.8 cm³/mol. The van der Waals surface area contributed by atoms with E-state index in [-0.39, 0.29) is 16.9 Å². The van der Waals surface area contributed by atoms with Crippen LogP contribution < -0.4 is 0 Å². The molecule has 0 amide bonds. The summed E-state index contributed by atoms with van der Waals surface area (Å²) in [6.45, 7) is 1.34. The molecule has 0 bridgehead atoms. The zero-order valence-electron chi connectivity index (χ0n) is 9.46. The van der Waals surface area contributed by atoms with Gasteiger partial charge >= 0.3 is 5.97 Å². The van der Waals surface area contributed by atoms with Crippen molar-refractivity contribution in [3.05, 3.63) is 34.9 Å². The molecule has 0 aliphatic carbocycles. The highest BCUT2D eigenvalue weighted by atomic mass is 79.9. The van der Waals surface area contributed by atoms with Gasteiger partial charge in [-0.25, -0.2) is 4.79 Å². The van der Waals surface area contributed by atoms with Gasteiger partial charge in [-0.2, -0.15) is 0 Å². The summed E-state index contributed by atoms with van der Waals surface area (Å²) < 4.78 is 0. The first-order valence-corrected chi connectivity index (χ1v) is 5.94. The molecule has 0 saturated heterocycles. The number of carboxylic acid groups (broad SMARTS) is 1. The van der Waals surface area contributed by atoms with E-state index in [0.717, 1.165) is 0 Å². The summed E-state index contributed by atoms with van der Waals surface area (Å²) in [4.78, 5) is 32.0. The van der Waals surface area contributed by atoms with Crippen LogP contribution in [-0.4, -0.2) is 28.3 Å². The van der Waals surface area contributed by atoms with Gasteiger partial charge in [0.15, 0.2) is 6.10 Å². The number of alkyl halides is 1. The van der Waals surface area contributed by atoms with Crippen LogP contribution >= 0.6 is 15.9 Å². The average molecular weight is 315 g/mol. The topological polar surface area (TPSA) is 91.7 Å². The highest BCUT2D eigenvalue weighted by Crippen LogP contribution is 2.31. The summed E-state index contributed by atoms with van der Waals surface area (Å²) in [6, 6.07) is 4.17. The lowest BCUT2D eigenvalue weighted by Gasteiger charge is -2.15. The maximum absolute atomic E-state index is 11.3. The van der Waals surface area contributed by atoms with E-state index < -0.39 is 16.9 Å². The van der Waals surface area contributed by atoms with Crippen LogP contribution in [0.3, 0.4) is 0 Å². The van der Waals surface area contributed by atoms with E-state index in [4.69, 9.17) is 5.11 Å². The smallest absolute Gasteiger partial charge is 0.337 e. The lowest BCUT2D eigenvalue weighted by atomic mass is 9.96. The number of Topliss-reactive ketones (excluding diaryl/α,β-unsaturated/α-hetero) is 1. The highest BCUT2D eigenvalue weighted by molar-refractivity contribution is 9.09. The highest BCUT2D eigenvalue weighted by Gasteiger charge is 2.25. The molecule has 18 heavy (non-hydrogen) atoms. The number of halogens is 1. The number of benzene rings is 1. The number of aliphatic carboxylic acids is 1. The van der Waals surface area contributed by atoms with Crippen LogP contribution in [0, 0.1) is 0 Å². The number of ketones is 1. The summed E-state index contributed by atoms with van der Waals surface area (Å²) in [5.74, 6) is -1.67. The van der Waals surface area contributed by atoms with Crippen molar-refractivity contribution in [2.24, 2.45) is 0 Å². The molecule has 1 rings (SSSR count). The molecule has 2 atom stereocenters. The Morgan fingerprint density at radius 2 is 1.94 bits per heavy atom. The van der Waals surface area contributed by atoms with Crippen molar-refractivity contribution in [3.8, 4) is 0 Å². The second kappa shape index (κ2) is 5.88. The van der Waals surface area contributed by atoms with Gasteiger partial charge in [-0.05, 0) is 24.1 Å². The van der Waals surface area contributed by atoms with Crippen molar-refractivity contribution in [1.82, 2.24) is 0 Å². The standard InChI is InChI=1S/C12H11BrO5/c1-6(15)10(13)8-3-2-7(5-14)4-9(8)11(16)12(17)18/h2-5,10-11,16H,1H3,(H,17,18). The first kappa shape index (κ1) is 14.5. The van der Waals surface area contributed by atoms with Crippen LogP contribution in [0.25, 0.3) is 0 Å². The Balaban J connectivity index is 3.37. The molecule has 0 heterocycles. The second-order valence-electron chi connectivity index (χ2n) is 3.72. The Hall–Kier alpha value is -1.53. The van der Waals surface area contributed by atoms with Crippen molar-refractivity contribution in [3.63, 3.8) is 0 Å². The van der Waals surface area contributed by atoms with Crippen molar-refractivity contribution >= 4 is 34.0 Å². The monoisotopic (exact) mass is 314 g/mol. The van der Waals surface area contributed by atoms with Gasteiger partial charge in [0.25, 0.3) is 0 Å². The van der Waals surface area contributed by atoms with Gasteiger partial charge in [0.05, 0.1) is 4.83 Å². The number of carbonyl (C=O) groups excluding carboxylic acids is 2. The molecular weight excluding hydrogens is 304 g/mol. The first-order chi connectivity index (χ1) is 8.38. The molecule has 0 aromatic heterocycles. The molecule has 5 nitrogen and oxygen atoms in total. The summed E-state index contributed by atoms with van der Waals surface area (Å²) in [5.41, 5.74) is 0.601. The number of aliphatic hydroxyl groups is 1. The molecule has 0 spiro atoms. The van der Waals surface area contributed by atoms with Gasteiger partial charge in [0.1, 0.15) is 12.1 Å². The first-order valence-electron chi connectivity index (χ1n) is 5.03. The minimum atomic E-state index is -1.78. The third-order valence-electron chi connectivity index (χ3n) is 2.41. The molecule has 96 valence electrons. The molecule has 1 aromatic carbocycles. The third kappa shape index (κ3) is 3.02. The molecule has 2 unspecified atom stereocenters. The Morgan fingerprint density at radius 1 is 1.33 bits per heavy atom. The number of carbonyl (C=O) groups is 3. The molecule has 6 heteroatoms. The lowest BCUT2D eigenvalue weighted by Crippen LogP contribution is -2.15. The zero-order chi connectivity index (χ0) is 13.9. The van der Waals surface area contributed by atoms with Crippen LogP contribution in [0.1, 0.15) is 39.3 Å². The van der Waals surface area contributed by atoms with Crippen LogP contribution in [-0.2, 0) is 9.59 Å². The lowest BCUT2D eigenvalue weighted by molar-refractivity contribution is -0.147. The maximum Gasteiger partial charge on any atom is 0.337 e. The molecule has 1 aromatic rings. The van der Waals surface area contributed by atoms with E-state index in [0.29, 0.717) is 11.8 Å². The summed E-state index contributed by atoms with van der Waals surface area (Å²) in [7, 11) is 0. The molecule has 0 aliphatic rings. The molecule has 0 radical (unpaired) electrons. The van der Waals surface area contributed by atoms with Gasteiger partial charge in [0.2, 0.25) is 0 Å². The predicted octanol–water partition coefficient (Wildman–Crippen LogP) is 1.64. The minimum absolute atomic E-state index is 0.0316. The fourth-order valence-electron chi connectivity index (χ4n) is 1.49. The van der Waals surface area contributed by atoms with Gasteiger partial charge in [-0.15, -0.1) is 0 Å². The van der Waals surface area contributed by atoms with Gasteiger partial charge in [0, 0.05) is 5.56 Å². The van der Waals surface area contributed by atoms with Gasteiger partial charge in [-0.1, -0.05) is 28.1 Å². The number of aldehydes is 1. The number of rotatable bonds is 5. The molecule has 0 fully saturated rings. The SMILES string of the molecule is CC(=O)C(Br)c1ccc(C=O)cc1C(O)C(=O)O. The van der Waals surface area contributed by atoms with E-state index in [9.17, 15) is 19.5 Å². The number of hydrogen-bond donors (Lipinski definition) is 2. The number of aliphatic hydroxyl groups excluding tert-OH is 1. The van der Waals surface area contributed by atoms with Gasteiger partial charge < -0.3 is 10.2 Å². The fraction of sp³-hybridized carbons (Fsp3) is 0.250. The van der Waals surface area contributed by atoms with Crippen molar-refractivity contribution in [2.45, 2.75) is 17.9 Å². The second-order valence-corrected chi connectivity index (χ2v) is 4.64. The van der Waals surface area contributed by atoms with E-state index in [1.807, 2.05) is 0 Å². The summed E-state index contributed by atoms with van der Waals surface area (Å²) in [6.07, 6.45) is -1.24. The van der Waals surface area contributed by atoms with Crippen LogP contribution in [0.2, 0.25) is 0 Å². The van der Waals surface area contributed by atoms with Crippen LogP contribution in [0.15, 0.2) is 18.2 Å².